The topological polar surface area (TPSA) is 89.0 Å². The van der Waals surface area contributed by atoms with E-state index in [4.69, 9.17) is 15.9 Å². The number of carboxylic acids is 1. The molecule has 0 bridgehead atoms. The summed E-state index contributed by atoms with van der Waals surface area (Å²) in [6.45, 7) is 0. The molecule has 1 aliphatic rings. The van der Waals surface area contributed by atoms with Crippen LogP contribution in [0.3, 0.4) is 0 Å². The van der Waals surface area contributed by atoms with E-state index < -0.39 is 17.4 Å². The van der Waals surface area contributed by atoms with E-state index in [1.807, 2.05) is 0 Å². The van der Waals surface area contributed by atoms with E-state index in [1.54, 1.807) is 32.4 Å². The Labute approximate surface area is 166 Å². The van der Waals surface area contributed by atoms with Crippen molar-refractivity contribution in [2.45, 2.75) is 31.2 Å². The van der Waals surface area contributed by atoms with E-state index in [0.29, 0.717) is 34.3 Å². The van der Waals surface area contributed by atoms with Gasteiger partial charge in [0.25, 0.3) is 0 Å². The number of hydrogen-bond donors (Lipinski definition) is 1. The Kier molecular flexibility index (Phi) is 5.56. The van der Waals surface area contributed by atoms with Gasteiger partial charge < -0.3 is 14.6 Å². The minimum absolute atomic E-state index is 0.357. The third-order valence-corrected chi connectivity index (χ3v) is 5.93. The molecular formula is C20H20N2O5S. The summed E-state index contributed by atoms with van der Waals surface area (Å²) in [5.74, 6) is 1.54. The van der Waals surface area contributed by atoms with Crippen LogP contribution in [0.4, 0.5) is 5.00 Å². The Hall–Kier alpha value is -3.05. The molecule has 7 nitrogen and oxygen atoms in total. The van der Waals surface area contributed by atoms with Crippen LogP contribution in [0.1, 0.15) is 25.7 Å². The number of nitrogens with zero attached hydrogens (tertiary/aromatic N) is 2. The molecule has 0 unspecified atom stereocenters. The summed E-state index contributed by atoms with van der Waals surface area (Å²) < 4.78 is 10.6. The number of aromatic nitrogens is 1. The predicted molar refractivity (Wildman–Crippen MR) is 106 cm³/mol. The second kappa shape index (κ2) is 7.90. The molecule has 2 aromatic rings. The first-order chi connectivity index (χ1) is 13.4. The largest absolute Gasteiger partial charge is 0.497 e. The molecular weight excluding hydrogens is 380 g/mol. The Balaban J connectivity index is 2.06. The number of methoxy groups -OCH3 is 2. The van der Waals surface area contributed by atoms with Crippen molar-refractivity contribution in [2.75, 3.05) is 19.1 Å². The number of hydrogen-bond acceptors (Lipinski definition) is 6. The van der Waals surface area contributed by atoms with Gasteiger partial charge in [0.05, 0.1) is 20.4 Å². The maximum Gasteiger partial charge on any atom is 0.330 e. The predicted octanol–water partition coefficient (Wildman–Crippen LogP) is 3.19. The molecule has 146 valence electrons. The minimum Gasteiger partial charge on any atom is -0.497 e. The molecule has 1 aromatic heterocycles. The van der Waals surface area contributed by atoms with E-state index in [9.17, 15) is 14.7 Å². The summed E-state index contributed by atoms with van der Waals surface area (Å²) in [6.07, 6.45) is 9.00. The van der Waals surface area contributed by atoms with E-state index in [0.717, 1.165) is 18.4 Å². The van der Waals surface area contributed by atoms with Crippen LogP contribution in [0, 0.1) is 12.3 Å². The minimum atomic E-state index is -1.33. The molecule has 1 aliphatic carbocycles. The van der Waals surface area contributed by atoms with Gasteiger partial charge in [-0.3, -0.25) is 9.69 Å². The number of carbonyl (C=O) groups is 2. The van der Waals surface area contributed by atoms with E-state index >= 15 is 0 Å². The van der Waals surface area contributed by atoms with Gasteiger partial charge in [-0.05, 0) is 30.9 Å². The lowest BCUT2D eigenvalue weighted by Gasteiger charge is -2.35. The van der Waals surface area contributed by atoms with Crippen molar-refractivity contribution in [3.63, 3.8) is 0 Å². The van der Waals surface area contributed by atoms with Gasteiger partial charge in [-0.2, -0.15) is 0 Å². The highest BCUT2D eigenvalue weighted by Gasteiger charge is 2.50. The number of rotatable bonds is 6. The van der Waals surface area contributed by atoms with Gasteiger partial charge in [0.2, 0.25) is 0 Å². The summed E-state index contributed by atoms with van der Waals surface area (Å²) >= 11 is 1.20. The molecule has 0 atom stereocenters. The summed E-state index contributed by atoms with van der Waals surface area (Å²) in [7, 11) is 3.10. The van der Waals surface area contributed by atoms with E-state index in [-0.39, 0.29) is 0 Å². The third-order valence-electron chi connectivity index (χ3n) is 4.90. The van der Waals surface area contributed by atoms with E-state index in [1.165, 1.54) is 22.4 Å². The number of anilines is 1. The lowest BCUT2D eigenvalue weighted by molar-refractivity contribution is -0.144. The van der Waals surface area contributed by atoms with Crippen LogP contribution in [-0.4, -0.2) is 41.7 Å². The molecule has 0 radical (unpaired) electrons. The molecule has 1 aromatic carbocycles. The maximum atomic E-state index is 12.5. The molecule has 1 fully saturated rings. The highest BCUT2D eigenvalue weighted by Crippen LogP contribution is 2.42. The van der Waals surface area contributed by atoms with Crippen LogP contribution in [0.25, 0.3) is 10.6 Å². The average molecular weight is 400 g/mol. The van der Waals surface area contributed by atoms with Crippen molar-refractivity contribution < 1.29 is 24.2 Å². The van der Waals surface area contributed by atoms with Gasteiger partial charge in [0, 0.05) is 11.6 Å². The Bertz CT molecular complexity index is 918. The first-order valence-corrected chi connectivity index (χ1v) is 9.50. The summed E-state index contributed by atoms with van der Waals surface area (Å²) in [6, 6.07) is 5.33. The Morgan fingerprint density at radius 3 is 2.32 bits per heavy atom. The molecule has 1 heterocycles. The van der Waals surface area contributed by atoms with Crippen LogP contribution in [0.15, 0.2) is 24.4 Å². The van der Waals surface area contributed by atoms with Crippen molar-refractivity contribution >= 4 is 28.2 Å². The molecule has 8 heteroatoms. The quantitative estimate of drug-likeness (QED) is 0.749. The molecule has 0 aliphatic heterocycles. The number of amides is 1. The third kappa shape index (κ3) is 3.41. The fraction of sp³-hybridized carbons (Fsp3) is 0.350. The van der Waals surface area contributed by atoms with Crippen LogP contribution in [-0.2, 0) is 9.59 Å². The maximum absolute atomic E-state index is 12.5. The van der Waals surface area contributed by atoms with Crippen molar-refractivity contribution in [1.29, 1.82) is 0 Å². The standard InChI is InChI=1S/C20H20N2O5S/c1-4-16(23)22(20(19(24)25)7-5-6-8-20)17-12-21-18(28-17)13-9-14(26-2)11-15(10-13)27-3/h1,9-12H,5-8H2,2-3H3,(H,24,25). The Morgan fingerprint density at radius 2 is 1.82 bits per heavy atom. The number of terminal acetylenes is 1. The SMILES string of the molecule is C#CC(=O)N(c1cnc(-c2cc(OC)cc(OC)c2)s1)C1(C(=O)O)CCCC1. The highest BCUT2D eigenvalue weighted by atomic mass is 32.1. The first-order valence-electron chi connectivity index (χ1n) is 8.68. The van der Waals surface area contributed by atoms with Gasteiger partial charge in [-0.1, -0.05) is 24.2 Å². The Morgan fingerprint density at radius 1 is 1.21 bits per heavy atom. The number of thiazole rings is 1. The van der Waals surface area contributed by atoms with Crippen molar-refractivity contribution in [1.82, 2.24) is 4.98 Å². The second-order valence-electron chi connectivity index (χ2n) is 6.43. The molecule has 0 spiro atoms. The monoisotopic (exact) mass is 400 g/mol. The normalized spacial score (nSPS) is 14.9. The lowest BCUT2D eigenvalue weighted by atomic mass is 9.95. The summed E-state index contributed by atoms with van der Waals surface area (Å²) in [5, 5.41) is 10.9. The molecule has 1 N–H and O–H groups in total. The van der Waals surface area contributed by atoms with Gasteiger partial charge >= 0.3 is 11.9 Å². The fourth-order valence-electron chi connectivity index (χ4n) is 3.50. The number of aliphatic carboxylic acids is 1. The van der Waals surface area contributed by atoms with Crippen molar-refractivity contribution in [3.8, 4) is 34.4 Å². The van der Waals surface area contributed by atoms with Gasteiger partial charge in [-0.25, -0.2) is 9.78 Å². The molecule has 0 saturated heterocycles. The van der Waals surface area contributed by atoms with Gasteiger partial charge in [0.15, 0.2) is 0 Å². The second-order valence-corrected chi connectivity index (χ2v) is 7.44. The zero-order chi connectivity index (χ0) is 20.3. The summed E-state index contributed by atoms with van der Waals surface area (Å²) in [5.41, 5.74) is -0.601. The van der Waals surface area contributed by atoms with Crippen LogP contribution < -0.4 is 14.4 Å². The highest BCUT2D eigenvalue weighted by molar-refractivity contribution is 7.19. The molecule has 28 heavy (non-hydrogen) atoms. The zero-order valence-electron chi connectivity index (χ0n) is 15.6. The van der Waals surface area contributed by atoms with Crippen LogP contribution >= 0.6 is 11.3 Å². The average Bonchev–Trinajstić information content (AvgIpc) is 3.38. The van der Waals surface area contributed by atoms with Crippen LogP contribution in [0.2, 0.25) is 0 Å². The zero-order valence-corrected chi connectivity index (χ0v) is 16.4. The molecule has 1 amide bonds. The van der Waals surface area contributed by atoms with Gasteiger partial charge in [0.1, 0.15) is 27.0 Å². The van der Waals surface area contributed by atoms with Crippen molar-refractivity contribution in [2.24, 2.45) is 0 Å². The molecule has 1 saturated carbocycles. The van der Waals surface area contributed by atoms with Crippen molar-refractivity contribution in [3.05, 3.63) is 24.4 Å². The van der Waals surface area contributed by atoms with Gasteiger partial charge in [-0.15, -0.1) is 6.42 Å². The lowest BCUT2D eigenvalue weighted by Crippen LogP contribution is -2.55. The van der Waals surface area contributed by atoms with Crippen LogP contribution in [0.5, 0.6) is 11.5 Å². The number of carboxylic acid groups (broad SMARTS) is 1. The summed E-state index contributed by atoms with van der Waals surface area (Å²) in [4.78, 5) is 30.2. The molecule has 3 rings (SSSR count). The number of ether oxygens (including phenoxy) is 2. The fourth-order valence-corrected chi connectivity index (χ4v) is 4.49. The van der Waals surface area contributed by atoms with E-state index in [2.05, 4.69) is 10.9 Å². The first kappa shape index (κ1) is 19.7. The number of benzene rings is 1. The number of carbonyl (C=O) groups excluding carboxylic acids is 1. The smallest absolute Gasteiger partial charge is 0.330 e.